The maximum Gasteiger partial charge on any atom is 0.463 e. The molecule has 0 amide bonds. The molecule has 11 nitrogen and oxygen atoms in total. The van der Waals surface area contributed by atoms with Gasteiger partial charge in [0.15, 0.2) is 5.75 Å². The molecule has 0 saturated carbocycles. The van der Waals surface area contributed by atoms with Crippen molar-refractivity contribution in [2.75, 3.05) is 17.9 Å². The highest BCUT2D eigenvalue weighted by molar-refractivity contribution is 8.01. The number of hydrogen-bond acceptors (Lipinski definition) is 10. The van der Waals surface area contributed by atoms with E-state index < -0.39 is 31.5 Å². The summed E-state index contributed by atoms with van der Waals surface area (Å²) in [5.74, 6) is -0.0255. The fraction of sp³-hybridized carbons (Fsp3) is 0.269. The Bertz CT molecular complexity index is 1680. The number of aromatic amines is 1. The van der Waals surface area contributed by atoms with Crippen LogP contribution in [0.3, 0.4) is 0 Å². The number of para-hydroxylation sites is 1. The number of benzene rings is 2. The second-order valence-corrected chi connectivity index (χ2v) is 13.2. The van der Waals surface area contributed by atoms with Crippen molar-refractivity contribution in [3.8, 4) is 5.75 Å². The minimum atomic E-state index is -4.61. The number of rotatable bonds is 12. The van der Waals surface area contributed by atoms with E-state index in [1.54, 1.807) is 54.0 Å². The highest BCUT2D eigenvalue weighted by Gasteiger charge is 2.27. The molecule has 0 spiro atoms. The van der Waals surface area contributed by atoms with Gasteiger partial charge in [-0.05, 0) is 61.0 Å². The minimum Gasteiger partial charge on any atom is -0.452 e. The van der Waals surface area contributed by atoms with E-state index in [-0.39, 0.29) is 29.2 Å². The molecule has 0 unspecified atom stereocenters. The normalized spacial score (nSPS) is 13.6. The number of hydrogen-bond donors (Lipinski definition) is 4. The number of nitrogens with one attached hydrogen (secondary N) is 3. The maximum absolute atomic E-state index is 12.5. The van der Waals surface area contributed by atoms with Crippen LogP contribution >= 0.6 is 11.3 Å². The number of ether oxygens (including phenoxy) is 1. The predicted molar refractivity (Wildman–Crippen MR) is 153 cm³/mol. The number of fused-ring (bicyclic) bond motifs is 1. The average molecular weight is 608 g/mol. The Morgan fingerprint density at radius 2 is 1.88 bits per heavy atom. The molecule has 0 aliphatic heterocycles. The van der Waals surface area contributed by atoms with Crippen LogP contribution in [0.1, 0.15) is 31.1 Å². The third kappa shape index (κ3) is 7.01. The minimum absolute atomic E-state index is 0.0255. The van der Waals surface area contributed by atoms with Crippen molar-refractivity contribution in [2.45, 2.75) is 36.6 Å². The fourth-order valence-electron chi connectivity index (χ4n) is 4.03. The van der Waals surface area contributed by atoms with E-state index >= 15 is 0 Å². The summed E-state index contributed by atoms with van der Waals surface area (Å²) < 4.78 is 61.6. The first kappa shape index (κ1) is 29.6. The van der Waals surface area contributed by atoms with Crippen molar-refractivity contribution < 1.29 is 35.7 Å². The van der Waals surface area contributed by atoms with Crippen LogP contribution in [0.15, 0.2) is 70.4 Å². The molecule has 4 N–H and O–H groups in total. The van der Waals surface area contributed by atoms with E-state index in [0.29, 0.717) is 23.2 Å². The first-order valence-electron chi connectivity index (χ1n) is 12.3. The molecule has 14 heteroatoms. The first-order valence-corrected chi connectivity index (χ1v) is 16.0. The zero-order valence-electron chi connectivity index (χ0n) is 21.7. The molecule has 4 rings (SSSR count). The zero-order chi connectivity index (χ0) is 28.9. The molecule has 2 aromatic heterocycles. The van der Waals surface area contributed by atoms with E-state index in [4.69, 9.17) is 4.18 Å². The molecule has 4 aromatic rings. The molecule has 0 bridgehead atoms. The summed E-state index contributed by atoms with van der Waals surface area (Å²) in [4.78, 5) is 14.7. The summed E-state index contributed by atoms with van der Waals surface area (Å²) in [7, 11) is -8.31. The number of H-pyrrole nitrogens is 1. The van der Waals surface area contributed by atoms with Gasteiger partial charge in [-0.2, -0.15) is 8.42 Å². The van der Waals surface area contributed by atoms with Gasteiger partial charge >= 0.3 is 15.4 Å². The van der Waals surface area contributed by atoms with Crippen LogP contribution < -0.4 is 14.2 Å². The van der Waals surface area contributed by atoms with Crippen molar-refractivity contribution in [2.24, 2.45) is 0 Å². The predicted octanol–water partition coefficient (Wildman–Crippen LogP) is 4.15. The monoisotopic (exact) mass is 607 g/mol. The molecule has 2 atom stereocenters. The number of aliphatic hydroxyl groups excluding tert-OH is 1. The highest BCUT2D eigenvalue weighted by atomic mass is 32.2. The van der Waals surface area contributed by atoms with Crippen molar-refractivity contribution >= 4 is 53.4 Å². The van der Waals surface area contributed by atoms with Crippen molar-refractivity contribution in [3.63, 3.8) is 0 Å². The Hall–Kier alpha value is -3.43. The lowest BCUT2D eigenvalue weighted by molar-refractivity contribution is 0.170. The second-order valence-electron chi connectivity index (χ2n) is 8.91. The van der Waals surface area contributed by atoms with Gasteiger partial charge in [-0.3, -0.25) is 4.72 Å². The molecule has 0 radical (unpaired) electrons. The summed E-state index contributed by atoms with van der Waals surface area (Å²) in [6.45, 7) is 3.53. The standard InChI is InChI=1S/C26H29N3O8S3/c1-3-36-26(31)40(34,35)37-23-10-5-9-21-19(15-28-25(21)23)13-17(2)27-16-22(30)18-7-4-8-20(14-18)29-39(32,33)24-11-6-12-38-24/h4-12,14-15,17,22,27-30H,3,13,16H2,1-2H3/t17-,22+/m1/s1. The second kappa shape index (κ2) is 12.4. The van der Waals surface area contributed by atoms with Crippen LogP contribution in [-0.4, -0.2) is 51.4 Å². The van der Waals surface area contributed by atoms with E-state index in [1.165, 1.54) is 19.1 Å². The quantitative estimate of drug-likeness (QED) is 0.137. The SMILES string of the molecule is CCOC(=O)S(=O)(=O)Oc1cccc2c(C[C@@H](C)NC[C@H](O)c3cccc(NS(=O)(=O)c4cccs4)c3)c[nH]c12. The van der Waals surface area contributed by atoms with Gasteiger partial charge in [0.25, 0.3) is 10.0 Å². The number of thiophene rings is 1. The number of carbonyl (C=O) groups excluding carboxylic acids is 1. The Morgan fingerprint density at radius 1 is 1.10 bits per heavy atom. The van der Waals surface area contributed by atoms with E-state index in [2.05, 4.69) is 19.8 Å². The van der Waals surface area contributed by atoms with E-state index in [0.717, 1.165) is 22.3 Å². The van der Waals surface area contributed by atoms with E-state index in [9.17, 15) is 26.7 Å². The van der Waals surface area contributed by atoms with Crippen LogP contribution in [0.5, 0.6) is 5.75 Å². The molecular weight excluding hydrogens is 579 g/mol. The average Bonchev–Trinajstić information content (AvgIpc) is 3.59. The number of aromatic nitrogens is 1. The molecule has 40 heavy (non-hydrogen) atoms. The molecule has 0 fully saturated rings. The smallest absolute Gasteiger partial charge is 0.452 e. The van der Waals surface area contributed by atoms with Gasteiger partial charge < -0.3 is 24.3 Å². The molecule has 0 aliphatic rings. The number of aliphatic hydroxyl groups is 1. The van der Waals surface area contributed by atoms with Crippen molar-refractivity contribution in [1.82, 2.24) is 10.3 Å². The lowest BCUT2D eigenvalue weighted by Crippen LogP contribution is -2.32. The maximum atomic E-state index is 12.5. The number of sulfonamides is 1. The van der Waals surface area contributed by atoms with Gasteiger partial charge in [0, 0.05) is 29.9 Å². The van der Waals surface area contributed by atoms with Gasteiger partial charge in [-0.1, -0.05) is 30.3 Å². The summed E-state index contributed by atoms with van der Waals surface area (Å²) in [5, 5.41) is 15.0. The lowest BCUT2D eigenvalue weighted by atomic mass is 10.0. The summed E-state index contributed by atoms with van der Waals surface area (Å²) in [5.41, 5.74) is 2.18. The fourth-order valence-corrected chi connectivity index (χ4v) is 6.78. The zero-order valence-corrected chi connectivity index (χ0v) is 24.1. The molecule has 2 aromatic carbocycles. The molecule has 214 valence electrons. The van der Waals surface area contributed by atoms with Crippen LogP contribution in [0.2, 0.25) is 0 Å². The Balaban J connectivity index is 1.38. The van der Waals surface area contributed by atoms with Gasteiger partial charge in [0.1, 0.15) is 4.21 Å². The Labute approximate surface area is 236 Å². The largest absolute Gasteiger partial charge is 0.463 e. The summed E-state index contributed by atoms with van der Waals surface area (Å²) in [6, 6.07) is 14.5. The molecule has 0 aliphatic carbocycles. The third-order valence-electron chi connectivity index (χ3n) is 5.90. The van der Waals surface area contributed by atoms with Gasteiger partial charge in [-0.25, -0.2) is 13.2 Å². The van der Waals surface area contributed by atoms with Crippen molar-refractivity contribution in [1.29, 1.82) is 0 Å². The molecule has 2 heterocycles. The van der Waals surface area contributed by atoms with E-state index in [1.807, 2.05) is 6.92 Å². The van der Waals surface area contributed by atoms with Crippen molar-refractivity contribution in [3.05, 3.63) is 77.3 Å². The van der Waals surface area contributed by atoms with Crippen LogP contribution in [0.4, 0.5) is 10.5 Å². The first-order chi connectivity index (χ1) is 19.0. The van der Waals surface area contributed by atoms with Crippen LogP contribution in [-0.2, 0) is 31.3 Å². The Morgan fingerprint density at radius 3 is 2.60 bits per heavy atom. The summed E-state index contributed by atoms with van der Waals surface area (Å²) in [6.07, 6.45) is 1.36. The number of carbonyl (C=O) groups is 1. The lowest BCUT2D eigenvalue weighted by Gasteiger charge is -2.18. The third-order valence-corrected chi connectivity index (χ3v) is 9.60. The number of anilines is 1. The summed E-state index contributed by atoms with van der Waals surface area (Å²) >= 11 is 1.11. The molecule has 0 saturated heterocycles. The van der Waals surface area contributed by atoms with Gasteiger partial charge in [-0.15, -0.1) is 11.3 Å². The Kier molecular flexibility index (Phi) is 9.15. The topological polar surface area (TPSA) is 164 Å². The molecular formula is C26H29N3O8S3. The van der Waals surface area contributed by atoms with Gasteiger partial charge in [0.2, 0.25) is 0 Å². The highest BCUT2D eigenvalue weighted by Crippen LogP contribution is 2.29. The van der Waals surface area contributed by atoms with Crippen LogP contribution in [0.25, 0.3) is 10.9 Å². The van der Waals surface area contributed by atoms with Gasteiger partial charge in [0.05, 0.1) is 18.2 Å². The van der Waals surface area contributed by atoms with Crippen LogP contribution in [0, 0.1) is 0 Å².